The summed E-state index contributed by atoms with van der Waals surface area (Å²) in [6, 6.07) is 5.09. The topological polar surface area (TPSA) is 64.3 Å². The van der Waals surface area contributed by atoms with E-state index in [-0.39, 0.29) is 0 Å². The maximum atomic E-state index is 11.9. The molecule has 0 aliphatic rings. The monoisotopic (exact) mass is 258 g/mol. The first kappa shape index (κ1) is 14.4. The number of hydrogen-bond acceptors (Lipinski definition) is 3. The number of halogens is 2. The van der Waals surface area contributed by atoms with Crippen molar-refractivity contribution in [3.05, 3.63) is 23.8 Å². The quantitative estimate of drug-likeness (QED) is 0.796. The second kappa shape index (κ2) is 6.30. The molecule has 0 spiro atoms. The van der Waals surface area contributed by atoms with Gasteiger partial charge in [0.05, 0.1) is 0 Å². The lowest BCUT2D eigenvalue weighted by molar-refractivity contribution is -0.128. The number of nitrogens with two attached hydrogens (primary N) is 1. The van der Waals surface area contributed by atoms with Gasteiger partial charge in [-0.2, -0.15) is 0 Å². The molecule has 0 aliphatic carbocycles. The zero-order chi connectivity index (χ0) is 13.7. The molecule has 4 nitrogen and oxygen atoms in total. The molecule has 0 aliphatic heterocycles. The predicted molar refractivity (Wildman–Crippen MR) is 65.6 cm³/mol. The fourth-order valence-electron chi connectivity index (χ4n) is 1.32. The van der Waals surface area contributed by atoms with E-state index in [1.54, 1.807) is 25.1 Å². The maximum Gasteiger partial charge on any atom is 0.261 e. The van der Waals surface area contributed by atoms with Crippen molar-refractivity contribution in [1.82, 2.24) is 0 Å². The number of rotatable bonds is 5. The molecule has 0 fully saturated rings. The molecule has 0 aromatic heterocycles. The molecule has 1 amide bonds. The molecule has 1 rings (SSSR count). The fraction of sp³-hybridized carbons (Fsp3) is 0.417. The number of nitrogens with one attached hydrogen (secondary N) is 1. The van der Waals surface area contributed by atoms with Crippen LogP contribution in [-0.2, 0) is 9.53 Å². The SMILES string of the molecule is Cc1c(N)cccc1NC(=O)C(C)OCC(F)F. The Balaban J connectivity index is 2.61. The summed E-state index contributed by atoms with van der Waals surface area (Å²) < 4.78 is 28.6. The lowest BCUT2D eigenvalue weighted by atomic mass is 10.1. The number of carbonyl (C=O) groups excluding carboxylic acids is 1. The summed E-state index contributed by atoms with van der Waals surface area (Å²) in [6.45, 7) is 2.42. The minimum Gasteiger partial charge on any atom is -0.398 e. The van der Waals surface area contributed by atoms with Crippen LogP contribution >= 0.6 is 0 Å². The Morgan fingerprint density at radius 2 is 2.17 bits per heavy atom. The molecule has 100 valence electrons. The number of carbonyl (C=O) groups is 1. The van der Waals surface area contributed by atoms with E-state index in [0.29, 0.717) is 11.4 Å². The highest BCUT2D eigenvalue weighted by Gasteiger charge is 2.16. The van der Waals surface area contributed by atoms with Crippen molar-refractivity contribution in [2.24, 2.45) is 0 Å². The number of nitrogen functional groups attached to an aromatic ring is 1. The third-order valence-electron chi connectivity index (χ3n) is 2.48. The number of alkyl halides is 2. The van der Waals surface area contributed by atoms with Crippen LogP contribution in [0.4, 0.5) is 20.2 Å². The summed E-state index contributed by atoms with van der Waals surface area (Å²) in [4.78, 5) is 11.7. The van der Waals surface area contributed by atoms with Gasteiger partial charge in [-0.25, -0.2) is 8.78 Å². The van der Waals surface area contributed by atoms with E-state index < -0.39 is 25.0 Å². The smallest absolute Gasteiger partial charge is 0.261 e. The Morgan fingerprint density at radius 3 is 2.78 bits per heavy atom. The van der Waals surface area contributed by atoms with Gasteiger partial charge in [0.1, 0.15) is 12.7 Å². The van der Waals surface area contributed by atoms with Gasteiger partial charge in [-0.15, -0.1) is 0 Å². The summed E-state index contributed by atoms with van der Waals surface area (Å²) in [7, 11) is 0. The van der Waals surface area contributed by atoms with Crippen molar-refractivity contribution in [1.29, 1.82) is 0 Å². The van der Waals surface area contributed by atoms with Gasteiger partial charge in [0.15, 0.2) is 0 Å². The first-order valence-electron chi connectivity index (χ1n) is 5.47. The average Bonchev–Trinajstić information content (AvgIpc) is 2.31. The molecule has 1 unspecified atom stereocenters. The van der Waals surface area contributed by atoms with Crippen molar-refractivity contribution >= 4 is 17.3 Å². The van der Waals surface area contributed by atoms with Crippen LogP contribution in [-0.4, -0.2) is 25.0 Å². The van der Waals surface area contributed by atoms with Crippen LogP contribution in [0.2, 0.25) is 0 Å². The summed E-state index contributed by atoms with van der Waals surface area (Å²) in [5, 5.41) is 2.59. The van der Waals surface area contributed by atoms with Crippen LogP contribution in [0.15, 0.2) is 18.2 Å². The van der Waals surface area contributed by atoms with Gasteiger partial charge in [-0.1, -0.05) is 6.07 Å². The lowest BCUT2D eigenvalue weighted by Gasteiger charge is -2.15. The van der Waals surface area contributed by atoms with Crippen LogP contribution in [0, 0.1) is 6.92 Å². The molecule has 1 aromatic carbocycles. The zero-order valence-electron chi connectivity index (χ0n) is 10.2. The molecule has 3 N–H and O–H groups in total. The number of hydrogen-bond donors (Lipinski definition) is 2. The molecule has 6 heteroatoms. The highest BCUT2D eigenvalue weighted by molar-refractivity contribution is 5.95. The predicted octanol–water partition coefficient (Wildman–Crippen LogP) is 2.19. The standard InChI is InChI=1S/C12H16F2N2O2/c1-7-9(15)4-3-5-10(7)16-12(17)8(2)18-6-11(13)14/h3-5,8,11H,6,15H2,1-2H3,(H,16,17). The van der Waals surface area contributed by atoms with Crippen LogP contribution < -0.4 is 11.1 Å². The van der Waals surface area contributed by atoms with E-state index in [1.165, 1.54) is 6.92 Å². The second-order valence-electron chi connectivity index (χ2n) is 3.88. The molecule has 18 heavy (non-hydrogen) atoms. The van der Waals surface area contributed by atoms with Gasteiger partial charge in [0.25, 0.3) is 12.3 Å². The Kier molecular flexibility index (Phi) is 5.03. The molecule has 0 heterocycles. The van der Waals surface area contributed by atoms with Gasteiger partial charge in [-0.3, -0.25) is 4.79 Å². The van der Waals surface area contributed by atoms with E-state index >= 15 is 0 Å². The molecular formula is C12H16F2N2O2. The van der Waals surface area contributed by atoms with Crippen molar-refractivity contribution < 1.29 is 18.3 Å². The lowest BCUT2D eigenvalue weighted by Crippen LogP contribution is -2.29. The molecule has 0 saturated heterocycles. The van der Waals surface area contributed by atoms with Crippen LogP contribution in [0.1, 0.15) is 12.5 Å². The highest BCUT2D eigenvalue weighted by Crippen LogP contribution is 2.20. The molecule has 0 saturated carbocycles. The summed E-state index contributed by atoms with van der Waals surface area (Å²) in [5.41, 5.74) is 7.52. The van der Waals surface area contributed by atoms with E-state index in [4.69, 9.17) is 10.5 Å². The molecule has 1 atom stereocenters. The van der Waals surface area contributed by atoms with E-state index in [9.17, 15) is 13.6 Å². The van der Waals surface area contributed by atoms with E-state index in [2.05, 4.69) is 5.32 Å². The van der Waals surface area contributed by atoms with Crippen LogP contribution in [0.5, 0.6) is 0 Å². The van der Waals surface area contributed by atoms with Crippen molar-refractivity contribution in [3.8, 4) is 0 Å². The second-order valence-corrected chi connectivity index (χ2v) is 3.88. The van der Waals surface area contributed by atoms with Gasteiger partial charge < -0.3 is 15.8 Å². The van der Waals surface area contributed by atoms with E-state index in [0.717, 1.165) is 5.56 Å². The molecule has 0 radical (unpaired) electrons. The number of amides is 1. The van der Waals surface area contributed by atoms with Gasteiger partial charge >= 0.3 is 0 Å². The fourth-order valence-corrected chi connectivity index (χ4v) is 1.32. The normalized spacial score (nSPS) is 12.5. The summed E-state index contributed by atoms with van der Waals surface area (Å²) in [5.74, 6) is -0.482. The highest BCUT2D eigenvalue weighted by atomic mass is 19.3. The first-order valence-corrected chi connectivity index (χ1v) is 5.47. The minimum absolute atomic E-state index is 0.482. The average molecular weight is 258 g/mol. The maximum absolute atomic E-state index is 11.9. The van der Waals surface area contributed by atoms with Gasteiger partial charge in [0.2, 0.25) is 0 Å². The van der Waals surface area contributed by atoms with Crippen LogP contribution in [0.3, 0.4) is 0 Å². The minimum atomic E-state index is -2.59. The van der Waals surface area contributed by atoms with Crippen molar-refractivity contribution in [2.75, 3.05) is 17.7 Å². The van der Waals surface area contributed by atoms with Gasteiger partial charge in [-0.05, 0) is 31.5 Å². The van der Waals surface area contributed by atoms with E-state index in [1.807, 2.05) is 0 Å². The Morgan fingerprint density at radius 1 is 1.50 bits per heavy atom. The largest absolute Gasteiger partial charge is 0.398 e. The van der Waals surface area contributed by atoms with Crippen molar-refractivity contribution in [3.63, 3.8) is 0 Å². The third kappa shape index (κ3) is 3.96. The molecular weight excluding hydrogens is 242 g/mol. The summed E-state index contributed by atoms with van der Waals surface area (Å²) >= 11 is 0. The first-order chi connectivity index (χ1) is 8.41. The Hall–Kier alpha value is -1.69. The zero-order valence-corrected chi connectivity index (χ0v) is 10.2. The number of benzene rings is 1. The Bertz CT molecular complexity index is 425. The molecule has 1 aromatic rings. The third-order valence-corrected chi connectivity index (χ3v) is 2.48. The molecule has 0 bridgehead atoms. The number of anilines is 2. The number of ether oxygens (including phenoxy) is 1. The Labute approximate surface area is 104 Å². The van der Waals surface area contributed by atoms with Crippen LogP contribution in [0.25, 0.3) is 0 Å². The van der Waals surface area contributed by atoms with Gasteiger partial charge in [0, 0.05) is 11.4 Å². The summed E-state index contributed by atoms with van der Waals surface area (Å²) in [6.07, 6.45) is -3.53. The van der Waals surface area contributed by atoms with Crippen molar-refractivity contribution in [2.45, 2.75) is 26.4 Å².